The Kier molecular flexibility index (Phi) is 7.42. The first-order chi connectivity index (χ1) is 15.8. The van der Waals surface area contributed by atoms with E-state index < -0.39 is 10.0 Å². The van der Waals surface area contributed by atoms with Gasteiger partial charge in [-0.05, 0) is 39.1 Å². The second kappa shape index (κ2) is 10.1. The summed E-state index contributed by atoms with van der Waals surface area (Å²) in [5.74, 6) is 2.90. The van der Waals surface area contributed by atoms with Crippen molar-refractivity contribution in [3.05, 3.63) is 34.6 Å². The van der Waals surface area contributed by atoms with E-state index in [9.17, 15) is 8.42 Å². The molecule has 0 radical (unpaired) electrons. The number of halogens is 1. The fourth-order valence-corrected chi connectivity index (χ4v) is 6.24. The molecule has 2 fully saturated rings. The first-order valence-electron chi connectivity index (χ1n) is 11.2. The number of ether oxygens (including phenoxy) is 1. The molecular weight excluding hydrogens is 508 g/mol. The molecule has 0 bridgehead atoms. The van der Waals surface area contributed by atoms with Crippen LogP contribution in [0.4, 0.5) is 11.6 Å². The summed E-state index contributed by atoms with van der Waals surface area (Å²) in [4.78, 5) is 16.2. The number of nitrogens with zero attached hydrogens (tertiary/aromatic N) is 6. The van der Waals surface area contributed by atoms with Gasteiger partial charge in [0.2, 0.25) is 10.0 Å². The fraction of sp³-hybridized carbons (Fsp3) is 0.545. The highest BCUT2D eigenvalue weighted by atomic mass is 79.9. The average Bonchev–Trinajstić information content (AvgIpc) is 2.80. The molecule has 0 saturated carbocycles. The molecule has 1 aromatic carbocycles. The number of likely N-dealkylation sites (N-methyl/N-ethyl adjacent to an activating group) is 1. The normalized spacial score (nSPS) is 18.5. The van der Waals surface area contributed by atoms with Gasteiger partial charge in [0.15, 0.2) is 0 Å². The second-order valence-electron chi connectivity index (χ2n) is 8.34. The molecular formula is C22H31BrN6O3S. The van der Waals surface area contributed by atoms with E-state index in [1.54, 1.807) is 18.2 Å². The third kappa shape index (κ3) is 5.42. The third-order valence-corrected chi connectivity index (χ3v) is 8.44. The summed E-state index contributed by atoms with van der Waals surface area (Å²) in [6, 6.07) is 7.13. The lowest BCUT2D eigenvalue weighted by Crippen LogP contribution is -2.49. The Hall–Kier alpha value is -1.95. The number of hydrogen-bond acceptors (Lipinski definition) is 8. The predicted molar refractivity (Wildman–Crippen MR) is 133 cm³/mol. The molecule has 0 N–H and O–H groups in total. The number of piperazine rings is 2. The van der Waals surface area contributed by atoms with Crippen LogP contribution < -0.4 is 14.5 Å². The molecule has 3 heterocycles. The Balaban J connectivity index is 1.49. The summed E-state index contributed by atoms with van der Waals surface area (Å²) < 4.78 is 34.6. The van der Waals surface area contributed by atoms with Gasteiger partial charge in [-0.25, -0.2) is 18.4 Å². The van der Waals surface area contributed by atoms with E-state index in [1.807, 2.05) is 19.9 Å². The lowest BCUT2D eigenvalue weighted by Gasteiger charge is -2.36. The Morgan fingerprint density at radius 2 is 1.52 bits per heavy atom. The van der Waals surface area contributed by atoms with E-state index in [1.165, 1.54) is 4.31 Å². The number of aryl methyl sites for hydroxylation is 1. The molecule has 0 unspecified atom stereocenters. The maximum atomic E-state index is 13.4. The predicted octanol–water partition coefficient (Wildman–Crippen LogP) is 2.21. The van der Waals surface area contributed by atoms with E-state index in [0.29, 0.717) is 43.0 Å². The van der Waals surface area contributed by atoms with Crippen molar-refractivity contribution < 1.29 is 13.2 Å². The highest BCUT2D eigenvalue weighted by Gasteiger charge is 2.32. The van der Waals surface area contributed by atoms with Crippen LogP contribution in [0.5, 0.6) is 5.75 Å². The van der Waals surface area contributed by atoms with E-state index in [2.05, 4.69) is 47.6 Å². The van der Waals surface area contributed by atoms with Crippen LogP contribution in [0.25, 0.3) is 0 Å². The number of benzene rings is 1. The molecule has 0 atom stereocenters. The van der Waals surface area contributed by atoms with Crippen molar-refractivity contribution in [2.75, 3.05) is 75.8 Å². The van der Waals surface area contributed by atoms with E-state index in [4.69, 9.17) is 4.74 Å². The zero-order valence-electron chi connectivity index (χ0n) is 19.4. The Morgan fingerprint density at radius 1 is 0.939 bits per heavy atom. The van der Waals surface area contributed by atoms with Crippen molar-refractivity contribution in [2.45, 2.75) is 18.7 Å². The van der Waals surface area contributed by atoms with Crippen LogP contribution >= 0.6 is 15.9 Å². The molecule has 11 heteroatoms. The van der Waals surface area contributed by atoms with Crippen LogP contribution in [0.2, 0.25) is 0 Å². The Morgan fingerprint density at radius 3 is 2.09 bits per heavy atom. The van der Waals surface area contributed by atoms with E-state index >= 15 is 0 Å². The number of aromatic nitrogens is 2. The fourth-order valence-electron chi connectivity index (χ4n) is 4.15. The van der Waals surface area contributed by atoms with Crippen LogP contribution in [0.15, 0.2) is 33.6 Å². The third-order valence-electron chi connectivity index (χ3n) is 6.02. The van der Waals surface area contributed by atoms with Crippen LogP contribution in [-0.2, 0) is 10.0 Å². The van der Waals surface area contributed by atoms with Crippen LogP contribution in [0.3, 0.4) is 0 Å². The number of rotatable bonds is 6. The van der Waals surface area contributed by atoms with Crippen molar-refractivity contribution >= 4 is 37.6 Å². The second-order valence-corrected chi connectivity index (χ2v) is 11.2. The summed E-state index contributed by atoms with van der Waals surface area (Å²) in [6.07, 6.45) is 0. The largest absolute Gasteiger partial charge is 0.492 e. The van der Waals surface area contributed by atoms with Crippen molar-refractivity contribution in [2.24, 2.45) is 0 Å². The van der Waals surface area contributed by atoms with Gasteiger partial charge in [0, 0.05) is 62.9 Å². The maximum absolute atomic E-state index is 13.4. The summed E-state index contributed by atoms with van der Waals surface area (Å²) in [6.45, 7) is 9.94. The van der Waals surface area contributed by atoms with Crippen molar-refractivity contribution in [1.82, 2.24) is 19.2 Å². The van der Waals surface area contributed by atoms with Crippen molar-refractivity contribution in [1.29, 1.82) is 0 Å². The smallest absolute Gasteiger partial charge is 0.246 e. The molecule has 0 spiro atoms. The Bertz CT molecular complexity index is 1080. The summed E-state index contributed by atoms with van der Waals surface area (Å²) >= 11 is 3.39. The molecule has 0 amide bonds. The molecule has 2 saturated heterocycles. The van der Waals surface area contributed by atoms with Crippen molar-refractivity contribution in [3.63, 3.8) is 0 Å². The first-order valence-corrected chi connectivity index (χ1v) is 13.5. The Labute approximate surface area is 204 Å². The van der Waals surface area contributed by atoms with Crippen molar-refractivity contribution in [3.8, 4) is 5.75 Å². The zero-order chi connectivity index (χ0) is 23.6. The SMILES string of the molecule is CCOc1ccc(Br)cc1S(=O)(=O)N1CCN(c2cc(N3CCN(C)CC3)nc(C)n2)CC1. The van der Waals surface area contributed by atoms with Crippen LogP contribution in [0, 0.1) is 6.92 Å². The minimum absolute atomic E-state index is 0.197. The summed E-state index contributed by atoms with van der Waals surface area (Å²) in [5.41, 5.74) is 0. The van der Waals surface area contributed by atoms with Gasteiger partial charge < -0.3 is 19.4 Å². The molecule has 2 aliphatic heterocycles. The zero-order valence-corrected chi connectivity index (χ0v) is 21.8. The lowest BCUT2D eigenvalue weighted by atomic mass is 10.3. The standard InChI is InChI=1S/C22H31BrN6O3S/c1-4-32-19-6-5-18(23)15-20(19)33(30,31)29-13-11-28(12-14-29)22-16-21(24-17(2)25-22)27-9-7-26(3)8-10-27/h5-6,15-16H,4,7-14H2,1-3H3. The molecule has 33 heavy (non-hydrogen) atoms. The topological polar surface area (TPSA) is 82.1 Å². The number of hydrogen-bond donors (Lipinski definition) is 0. The lowest BCUT2D eigenvalue weighted by molar-refractivity contribution is 0.312. The monoisotopic (exact) mass is 538 g/mol. The van der Waals surface area contributed by atoms with Gasteiger partial charge in [-0.3, -0.25) is 0 Å². The van der Waals surface area contributed by atoms with Crippen LogP contribution in [-0.4, -0.2) is 93.6 Å². The van der Waals surface area contributed by atoms with Gasteiger partial charge in [0.05, 0.1) is 6.61 Å². The molecule has 4 rings (SSSR count). The summed E-state index contributed by atoms with van der Waals surface area (Å²) in [7, 11) is -1.54. The quantitative estimate of drug-likeness (QED) is 0.553. The highest BCUT2D eigenvalue weighted by Crippen LogP contribution is 2.31. The molecule has 2 aliphatic rings. The van der Waals surface area contributed by atoms with E-state index in [-0.39, 0.29) is 4.90 Å². The highest BCUT2D eigenvalue weighted by molar-refractivity contribution is 9.10. The number of sulfonamides is 1. The maximum Gasteiger partial charge on any atom is 0.246 e. The minimum Gasteiger partial charge on any atom is -0.492 e. The molecule has 2 aromatic rings. The molecule has 1 aromatic heterocycles. The van der Waals surface area contributed by atoms with E-state index in [0.717, 1.165) is 43.6 Å². The molecule has 180 valence electrons. The average molecular weight is 540 g/mol. The molecule has 0 aliphatic carbocycles. The van der Waals surface area contributed by atoms with Gasteiger partial charge >= 0.3 is 0 Å². The van der Waals surface area contributed by atoms with Gasteiger partial charge in [0.1, 0.15) is 28.1 Å². The number of anilines is 2. The first kappa shape index (κ1) is 24.2. The van der Waals surface area contributed by atoms with Gasteiger partial charge in [-0.1, -0.05) is 15.9 Å². The van der Waals surface area contributed by atoms with Gasteiger partial charge in [0.25, 0.3) is 0 Å². The summed E-state index contributed by atoms with van der Waals surface area (Å²) in [5, 5.41) is 0. The van der Waals surface area contributed by atoms with Crippen LogP contribution in [0.1, 0.15) is 12.7 Å². The molecule has 9 nitrogen and oxygen atoms in total. The minimum atomic E-state index is -3.68. The van der Waals surface area contributed by atoms with Gasteiger partial charge in [-0.2, -0.15) is 4.31 Å². The van der Waals surface area contributed by atoms with Gasteiger partial charge in [-0.15, -0.1) is 0 Å².